The zero-order valence-corrected chi connectivity index (χ0v) is 12.8. The summed E-state index contributed by atoms with van der Waals surface area (Å²) in [6.07, 6.45) is 0. The van der Waals surface area contributed by atoms with Crippen molar-refractivity contribution in [3.8, 4) is 0 Å². The van der Waals surface area contributed by atoms with Gasteiger partial charge in [-0.05, 0) is 24.3 Å². The van der Waals surface area contributed by atoms with Crippen molar-refractivity contribution in [3.05, 3.63) is 44.6 Å². The molecule has 0 unspecified atom stereocenters. The minimum absolute atomic E-state index is 0.0606. The number of carbonyl (C=O) groups is 1. The van der Waals surface area contributed by atoms with Gasteiger partial charge in [-0.2, -0.15) is 0 Å². The van der Waals surface area contributed by atoms with Crippen LogP contribution in [0.2, 0.25) is 10.0 Å². The summed E-state index contributed by atoms with van der Waals surface area (Å²) < 4.78 is 26.4. The number of halogens is 2. The predicted molar refractivity (Wildman–Crippen MR) is 78.5 cm³/mol. The first-order chi connectivity index (χ1) is 9.28. The molecular formula is C11H7Cl2NO4S2. The number of rotatable bonds is 4. The van der Waals surface area contributed by atoms with Crippen molar-refractivity contribution in [3.63, 3.8) is 0 Å². The van der Waals surface area contributed by atoms with E-state index in [2.05, 4.69) is 4.72 Å². The molecule has 0 fully saturated rings. The van der Waals surface area contributed by atoms with Crippen molar-refractivity contribution in [1.82, 2.24) is 0 Å². The van der Waals surface area contributed by atoms with Gasteiger partial charge < -0.3 is 5.11 Å². The average molecular weight is 352 g/mol. The van der Waals surface area contributed by atoms with Crippen molar-refractivity contribution < 1.29 is 18.3 Å². The molecule has 0 aliphatic rings. The van der Waals surface area contributed by atoms with Crippen molar-refractivity contribution in [1.29, 1.82) is 0 Å². The fourth-order valence-corrected chi connectivity index (χ4v) is 4.08. The van der Waals surface area contributed by atoms with E-state index in [0.717, 1.165) is 17.4 Å². The monoisotopic (exact) mass is 351 g/mol. The quantitative estimate of drug-likeness (QED) is 0.881. The molecule has 1 aromatic carbocycles. The van der Waals surface area contributed by atoms with Crippen molar-refractivity contribution in [2.75, 3.05) is 4.72 Å². The summed E-state index contributed by atoms with van der Waals surface area (Å²) in [5, 5.41) is 10.6. The maximum atomic E-state index is 12.1. The van der Waals surface area contributed by atoms with Crippen molar-refractivity contribution in [2.45, 2.75) is 4.90 Å². The lowest BCUT2D eigenvalue weighted by molar-refractivity contribution is 0.0702. The number of anilines is 1. The van der Waals surface area contributed by atoms with Crippen LogP contribution in [0.4, 0.5) is 5.69 Å². The molecule has 1 aromatic heterocycles. The van der Waals surface area contributed by atoms with Gasteiger partial charge in [0.25, 0.3) is 10.0 Å². The number of hydrogen-bond acceptors (Lipinski definition) is 4. The van der Waals surface area contributed by atoms with Gasteiger partial charge in [-0.1, -0.05) is 23.2 Å². The molecular weight excluding hydrogens is 345 g/mol. The van der Waals surface area contributed by atoms with Gasteiger partial charge in [0, 0.05) is 15.4 Å². The third-order valence-corrected chi connectivity index (χ3v) is 5.08. The highest BCUT2D eigenvalue weighted by Gasteiger charge is 2.19. The van der Waals surface area contributed by atoms with Crippen molar-refractivity contribution >= 4 is 56.2 Å². The number of benzene rings is 1. The normalized spacial score (nSPS) is 11.3. The Morgan fingerprint density at radius 3 is 2.25 bits per heavy atom. The smallest absolute Gasteiger partial charge is 0.345 e. The number of aromatic carboxylic acids is 1. The number of carboxylic acids is 1. The van der Waals surface area contributed by atoms with Crippen LogP contribution in [0.1, 0.15) is 9.67 Å². The second-order valence-corrected chi connectivity index (χ2v) is 7.18. The molecule has 2 aromatic rings. The Bertz CT molecular complexity index is 750. The molecule has 0 aliphatic heterocycles. The molecule has 20 heavy (non-hydrogen) atoms. The van der Waals surface area contributed by atoms with Crippen LogP contribution in [0.3, 0.4) is 0 Å². The standard InChI is InChI=1S/C11H7Cl2NO4S2/c12-6-1-7(13)3-8(2-6)14-20(17,18)9-4-10(11(15)16)19-5-9/h1-5,14H,(H,15,16). The molecule has 0 radical (unpaired) electrons. The van der Waals surface area contributed by atoms with E-state index in [-0.39, 0.29) is 25.5 Å². The maximum Gasteiger partial charge on any atom is 0.345 e. The Balaban J connectivity index is 2.32. The molecule has 0 saturated carbocycles. The summed E-state index contributed by atoms with van der Waals surface area (Å²) in [7, 11) is -3.88. The van der Waals surface area contributed by atoms with Crippen LogP contribution < -0.4 is 4.72 Å². The zero-order chi connectivity index (χ0) is 14.9. The maximum absolute atomic E-state index is 12.1. The van der Waals surface area contributed by atoms with Crippen LogP contribution in [-0.2, 0) is 10.0 Å². The highest BCUT2D eigenvalue weighted by Crippen LogP contribution is 2.26. The molecule has 0 amide bonds. The van der Waals surface area contributed by atoms with Gasteiger partial charge in [0.05, 0.1) is 10.6 Å². The minimum atomic E-state index is -3.88. The number of carboxylic acid groups (broad SMARTS) is 1. The number of sulfonamides is 1. The Labute approximate surface area is 128 Å². The van der Waals surface area contributed by atoms with Crippen LogP contribution in [0.25, 0.3) is 0 Å². The lowest BCUT2D eigenvalue weighted by Crippen LogP contribution is -2.12. The van der Waals surface area contributed by atoms with E-state index >= 15 is 0 Å². The molecule has 0 aliphatic carbocycles. The average Bonchev–Trinajstić information content (AvgIpc) is 2.76. The van der Waals surface area contributed by atoms with Gasteiger partial charge in [-0.3, -0.25) is 4.72 Å². The largest absolute Gasteiger partial charge is 0.477 e. The van der Waals surface area contributed by atoms with Gasteiger partial charge in [0.2, 0.25) is 0 Å². The van der Waals surface area contributed by atoms with E-state index < -0.39 is 16.0 Å². The fourth-order valence-electron chi connectivity index (χ4n) is 1.40. The van der Waals surface area contributed by atoms with Crippen LogP contribution in [0, 0.1) is 0 Å². The molecule has 0 bridgehead atoms. The van der Waals surface area contributed by atoms with E-state index in [9.17, 15) is 13.2 Å². The van der Waals surface area contributed by atoms with Gasteiger partial charge in [0.1, 0.15) is 4.88 Å². The highest BCUT2D eigenvalue weighted by molar-refractivity contribution is 7.92. The fraction of sp³-hybridized carbons (Fsp3) is 0. The van der Waals surface area contributed by atoms with Gasteiger partial charge >= 0.3 is 5.97 Å². The van der Waals surface area contributed by atoms with E-state index in [0.29, 0.717) is 0 Å². The second kappa shape index (κ2) is 5.61. The zero-order valence-electron chi connectivity index (χ0n) is 9.63. The van der Waals surface area contributed by atoms with E-state index in [1.807, 2.05) is 0 Å². The Morgan fingerprint density at radius 1 is 1.15 bits per heavy atom. The Morgan fingerprint density at radius 2 is 1.75 bits per heavy atom. The van der Waals surface area contributed by atoms with Gasteiger partial charge in [0.15, 0.2) is 0 Å². The SMILES string of the molecule is O=C(O)c1cc(S(=O)(=O)Nc2cc(Cl)cc(Cl)c2)cs1. The van der Waals surface area contributed by atoms with Crippen LogP contribution >= 0.6 is 34.5 Å². The highest BCUT2D eigenvalue weighted by atomic mass is 35.5. The Kier molecular flexibility index (Phi) is 4.24. The second-order valence-electron chi connectivity index (χ2n) is 3.72. The molecule has 2 rings (SSSR count). The van der Waals surface area contributed by atoms with Crippen LogP contribution in [0.5, 0.6) is 0 Å². The first kappa shape index (κ1) is 15.1. The molecule has 0 atom stereocenters. The Hall–Kier alpha value is -1.28. The predicted octanol–water partition coefficient (Wildman–Crippen LogP) is 3.55. The summed E-state index contributed by atoms with van der Waals surface area (Å²) in [5.74, 6) is -1.18. The minimum Gasteiger partial charge on any atom is -0.477 e. The van der Waals surface area contributed by atoms with Gasteiger partial charge in [-0.25, -0.2) is 13.2 Å². The third-order valence-electron chi connectivity index (χ3n) is 2.21. The van der Waals surface area contributed by atoms with Crippen LogP contribution in [0.15, 0.2) is 34.5 Å². The van der Waals surface area contributed by atoms with E-state index in [1.165, 1.54) is 23.6 Å². The molecule has 5 nitrogen and oxygen atoms in total. The molecule has 1 heterocycles. The van der Waals surface area contributed by atoms with Crippen molar-refractivity contribution in [2.24, 2.45) is 0 Å². The first-order valence-corrected chi connectivity index (χ1v) is 8.20. The first-order valence-electron chi connectivity index (χ1n) is 5.09. The molecule has 9 heteroatoms. The summed E-state index contributed by atoms with van der Waals surface area (Å²) in [5.41, 5.74) is 0.200. The number of hydrogen-bond donors (Lipinski definition) is 2. The number of nitrogens with one attached hydrogen (secondary N) is 1. The van der Waals surface area contributed by atoms with Gasteiger partial charge in [-0.15, -0.1) is 11.3 Å². The summed E-state index contributed by atoms with van der Waals surface area (Å²) in [4.78, 5) is 10.6. The molecule has 106 valence electrons. The summed E-state index contributed by atoms with van der Waals surface area (Å²) in [6, 6.07) is 5.35. The molecule has 0 saturated heterocycles. The lowest BCUT2D eigenvalue weighted by Gasteiger charge is -2.07. The molecule has 2 N–H and O–H groups in total. The van der Waals surface area contributed by atoms with E-state index in [1.54, 1.807) is 0 Å². The molecule has 0 spiro atoms. The summed E-state index contributed by atoms with van der Waals surface area (Å²) >= 11 is 12.4. The number of thiophene rings is 1. The lowest BCUT2D eigenvalue weighted by atomic mass is 10.3. The third kappa shape index (κ3) is 3.43. The van der Waals surface area contributed by atoms with E-state index in [4.69, 9.17) is 28.3 Å². The van der Waals surface area contributed by atoms with Crippen LogP contribution in [-0.4, -0.2) is 19.5 Å². The summed E-state index contributed by atoms with van der Waals surface area (Å²) in [6.45, 7) is 0. The topological polar surface area (TPSA) is 83.5 Å².